The molecule has 1 atom stereocenters. The van der Waals surface area contributed by atoms with Crippen molar-refractivity contribution in [2.24, 2.45) is 0 Å². The number of halogens is 3. The fraction of sp³-hybridized carbons (Fsp3) is 0.318. The molecule has 0 spiro atoms. The van der Waals surface area contributed by atoms with Crippen molar-refractivity contribution < 1.29 is 19.1 Å². The topological polar surface area (TPSA) is 59.7 Å². The van der Waals surface area contributed by atoms with Crippen LogP contribution in [0.4, 0.5) is 0 Å². The number of unbranched alkanes of at least 4 members (excludes halogenated alkanes) is 1. The lowest BCUT2D eigenvalue weighted by Gasteiger charge is -2.14. The lowest BCUT2D eigenvalue weighted by Crippen LogP contribution is -2.19. The maximum absolute atomic E-state index is 13.4. The second kappa shape index (κ2) is 10.1. The van der Waals surface area contributed by atoms with Gasteiger partial charge in [-0.15, -0.1) is 11.6 Å². The number of aliphatic hydroxyl groups excluding tert-OH is 1. The SMILES string of the molecule is CCCCc1oc2ccccc2c1C(=O)c1cc(Br)c(OCC(O)CCl)c(Br)c1. The molecule has 3 rings (SSSR count). The van der Waals surface area contributed by atoms with E-state index >= 15 is 0 Å². The van der Waals surface area contributed by atoms with E-state index in [1.54, 1.807) is 12.1 Å². The summed E-state index contributed by atoms with van der Waals surface area (Å²) in [5.41, 5.74) is 1.84. The molecular weight excluding hydrogens is 523 g/mol. The molecule has 3 aromatic rings. The highest BCUT2D eigenvalue weighted by Gasteiger charge is 2.23. The number of ether oxygens (including phenoxy) is 1. The third-order valence-electron chi connectivity index (χ3n) is 4.51. The maximum Gasteiger partial charge on any atom is 0.197 e. The van der Waals surface area contributed by atoms with Crippen LogP contribution in [-0.2, 0) is 6.42 Å². The number of alkyl halides is 1. The Balaban J connectivity index is 1.98. The van der Waals surface area contributed by atoms with Crippen LogP contribution in [0.15, 0.2) is 49.8 Å². The molecule has 0 saturated carbocycles. The second-order valence-electron chi connectivity index (χ2n) is 6.72. The predicted octanol–water partition coefficient (Wildman–Crippen LogP) is 6.51. The van der Waals surface area contributed by atoms with Crippen LogP contribution in [0.1, 0.15) is 41.4 Å². The number of fused-ring (bicyclic) bond motifs is 1. The number of aryl methyl sites for hydroxylation is 1. The van der Waals surface area contributed by atoms with Crippen LogP contribution < -0.4 is 4.74 Å². The normalized spacial score (nSPS) is 12.3. The smallest absolute Gasteiger partial charge is 0.197 e. The number of carbonyl (C=O) groups excluding carboxylic acids is 1. The standard InChI is InChI=1S/C22H21Br2ClO4/c1-2-3-7-19-20(15-6-4-5-8-18(15)29-19)21(27)13-9-16(23)22(17(24)10-13)28-12-14(26)11-25/h4-6,8-10,14,26H,2-3,7,11-12H2,1H3. The molecule has 29 heavy (non-hydrogen) atoms. The first-order valence-corrected chi connectivity index (χ1v) is 11.5. The van der Waals surface area contributed by atoms with Crippen LogP contribution in [0.3, 0.4) is 0 Å². The summed E-state index contributed by atoms with van der Waals surface area (Å²) in [6.07, 6.45) is 1.91. The van der Waals surface area contributed by atoms with Crippen molar-refractivity contribution in [2.75, 3.05) is 12.5 Å². The van der Waals surface area contributed by atoms with Gasteiger partial charge in [-0.1, -0.05) is 31.5 Å². The first kappa shape index (κ1) is 22.3. The van der Waals surface area contributed by atoms with E-state index < -0.39 is 6.10 Å². The van der Waals surface area contributed by atoms with E-state index in [2.05, 4.69) is 38.8 Å². The Morgan fingerprint density at radius 2 is 1.93 bits per heavy atom. The molecule has 1 unspecified atom stereocenters. The van der Waals surface area contributed by atoms with Gasteiger partial charge < -0.3 is 14.3 Å². The van der Waals surface area contributed by atoms with Crippen LogP contribution >= 0.6 is 43.5 Å². The van der Waals surface area contributed by atoms with Crippen molar-refractivity contribution in [3.8, 4) is 5.75 Å². The quantitative estimate of drug-likeness (QED) is 0.247. The summed E-state index contributed by atoms with van der Waals surface area (Å²) in [4.78, 5) is 13.4. The van der Waals surface area contributed by atoms with Gasteiger partial charge in [-0.25, -0.2) is 0 Å². The molecule has 0 saturated heterocycles. The number of rotatable bonds is 9. The highest BCUT2D eigenvalue weighted by atomic mass is 79.9. The maximum atomic E-state index is 13.4. The molecular formula is C22H21Br2ClO4. The Kier molecular flexibility index (Phi) is 7.79. The number of aliphatic hydroxyl groups is 1. The third kappa shape index (κ3) is 5.05. The van der Waals surface area contributed by atoms with Crippen molar-refractivity contribution >= 4 is 60.2 Å². The van der Waals surface area contributed by atoms with Gasteiger partial charge in [0.25, 0.3) is 0 Å². The van der Waals surface area contributed by atoms with E-state index in [-0.39, 0.29) is 18.3 Å². The molecule has 154 valence electrons. The fourth-order valence-electron chi connectivity index (χ4n) is 3.06. The molecule has 0 fully saturated rings. The lowest BCUT2D eigenvalue weighted by atomic mass is 9.98. The van der Waals surface area contributed by atoms with Gasteiger partial charge >= 0.3 is 0 Å². The van der Waals surface area contributed by atoms with Crippen molar-refractivity contribution in [3.63, 3.8) is 0 Å². The molecule has 0 aliphatic carbocycles. The summed E-state index contributed by atoms with van der Waals surface area (Å²) in [5, 5.41) is 10.4. The zero-order valence-electron chi connectivity index (χ0n) is 15.9. The van der Waals surface area contributed by atoms with Gasteiger partial charge in [-0.05, 0) is 56.5 Å². The van der Waals surface area contributed by atoms with Gasteiger partial charge in [0.15, 0.2) is 5.78 Å². The average molecular weight is 545 g/mol. The number of para-hydroxylation sites is 1. The van der Waals surface area contributed by atoms with Gasteiger partial charge in [0.1, 0.15) is 29.8 Å². The molecule has 0 amide bonds. The number of hydrogen-bond acceptors (Lipinski definition) is 4. The van der Waals surface area contributed by atoms with Crippen molar-refractivity contribution in [1.82, 2.24) is 0 Å². The first-order valence-electron chi connectivity index (χ1n) is 9.37. The summed E-state index contributed by atoms with van der Waals surface area (Å²) in [5.74, 6) is 1.21. The minimum atomic E-state index is -0.768. The minimum absolute atomic E-state index is 0.0571. The predicted molar refractivity (Wildman–Crippen MR) is 122 cm³/mol. The monoisotopic (exact) mass is 542 g/mol. The molecule has 1 aromatic heterocycles. The second-order valence-corrected chi connectivity index (χ2v) is 8.73. The van der Waals surface area contributed by atoms with E-state index in [9.17, 15) is 9.90 Å². The minimum Gasteiger partial charge on any atom is -0.488 e. The fourth-order valence-corrected chi connectivity index (χ4v) is 4.56. The summed E-state index contributed by atoms with van der Waals surface area (Å²) >= 11 is 12.5. The Morgan fingerprint density at radius 1 is 1.24 bits per heavy atom. The van der Waals surface area contributed by atoms with E-state index in [1.807, 2.05) is 24.3 Å². The summed E-state index contributed by atoms with van der Waals surface area (Å²) in [6.45, 7) is 2.17. The van der Waals surface area contributed by atoms with Gasteiger partial charge in [-0.3, -0.25) is 4.79 Å². The van der Waals surface area contributed by atoms with Crippen LogP contribution in [0, 0.1) is 0 Å². The van der Waals surface area contributed by atoms with Crippen LogP contribution in [0.5, 0.6) is 5.75 Å². The molecule has 1 N–H and O–H groups in total. The van der Waals surface area contributed by atoms with E-state index in [0.29, 0.717) is 32.2 Å². The number of furan rings is 1. The van der Waals surface area contributed by atoms with Crippen LogP contribution in [-0.4, -0.2) is 29.5 Å². The molecule has 1 heterocycles. The number of benzene rings is 2. The van der Waals surface area contributed by atoms with Gasteiger partial charge in [0.05, 0.1) is 20.4 Å². The van der Waals surface area contributed by atoms with E-state index in [0.717, 1.165) is 29.6 Å². The lowest BCUT2D eigenvalue weighted by molar-refractivity contribution is 0.103. The number of carbonyl (C=O) groups is 1. The van der Waals surface area contributed by atoms with Gasteiger partial charge in [0, 0.05) is 17.4 Å². The molecule has 0 bridgehead atoms. The number of hydrogen-bond donors (Lipinski definition) is 1. The Bertz CT molecular complexity index is 992. The van der Waals surface area contributed by atoms with E-state index in [1.165, 1.54) is 0 Å². The van der Waals surface area contributed by atoms with Crippen LogP contribution in [0.25, 0.3) is 11.0 Å². The molecule has 7 heteroatoms. The molecule has 0 aliphatic heterocycles. The van der Waals surface area contributed by atoms with E-state index in [4.69, 9.17) is 20.8 Å². The van der Waals surface area contributed by atoms with Gasteiger partial charge in [-0.2, -0.15) is 0 Å². The molecule has 0 aliphatic rings. The Morgan fingerprint density at radius 3 is 2.59 bits per heavy atom. The number of ketones is 1. The Labute approximate surface area is 191 Å². The highest BCUT2D eigenvalue weighted by molar-refractivity contribution is 9.11. The van der Waals surface area contributed by atoms with Crippen molar-refractivity contribution in [2.45, 2.75) is 32.3 Å². The summed E-state index contributed by atoms with van der Waals surface area (Å²) in [7, 11) is 0. The zero-order chi connectivity index (χ0) is 21.0. The molecule has 2 aromatic carbocycles. The molecule has 0 radical (unpaired) electrons. The zero-order valence-corrected chi connectivity index (χ0v) is 19.8. The van der Waals surface area contributed by atoms with Crippen molar-refractivity contribution in [3.05, 3.63) is 62.2 Å². The van der Waals surface area contributed by atoms with Crippen molar-refractivity contribution in [1.29, 1.82) is 0 Å². The summed E-state index contributed by atoms with van der Waals surface area (Å²) in [6, 6.07) is 11.0. The largest absolute Gasteiger partial charge is 0.488 e. The average Bonchev–Trinajstić information content (AvgIpc) is 3.08. The summed E-state index contributed by atoms with van der Waals surface area (Å²) < 4.78 is 12.9. The Hall–Kier alpha value is -1.34. The highest BCUT2D eigenvalue weighted by Crippen LogP contribution is 2.37. The third-order valence-corrected chi connectivity index (χ3v) is 6.05. The first-order chi connectivity index (χ1) is 14.0. The van der Waals surface area contributed by atoms with Gasteiger partial charge in [0.2, 0.25) is 0 Å². The van der Waals surface area contributed by atoms with Crippen LogP contribution in [0.2, 0.25) is 0 Å². The molecule has 4 nitrogen and oxygen atoms in total.